The first-order chi connectivity index (χ1) is 6.63. The Balaban J connectivity index is 2.97. The lowest BCUT2D eigenvalue weighted by molar-refractivity contribution is -0.0504. The number of halogens is 3. The molecule has 0 aromatic carbocycles. The summed E-state index contributed by atoms with van der Waals surface area (Å²) in [4.78, 5) is 3.66. The van der Waals surface area contributed by atoms with Crippen LogP contribution in [-0.4, -0.2) is 11.6 Å². The molecule has 0 spiro atoms. The fourth-order valence-electron chi connectivity index (χ4n) is 0.865. The van der Waals surface area contributed by atoms with Gasteiger partial charge >= 0.3 is 6.61 Å². The molecule has 0 aliphatic rings. The number of pyridine rings is 1. The summed E-state index contributed by atoms with van der Waals surface area (Å²) in [5, 5.41) is 8.44. The number of nitrogens with zero attached hydrogens (tertiary/aromatic N) is 2. The summed E-state index contributed by atoms with van der Waals surface area (Å²) in [6.45, 7) is -2.94. The summed E-state index contributed by atoms with van der Waals surface area (Å²) in [5.74, 6) is -0.110. The van der Waals surface area contributed by atoms with Gasteiger partial charge in [-0.15, -0.1) is 0 Å². The molecule has 0 saturated carbocycles. The molecule has 0 aliphatic heterocycles. The molecule has 0 bridgehead atoms. The largest absolute Gasteiger partial charge is 0.434 e. The first kappa shape index (κ1) is 10.7. The second-order valence-corrected chi connectivity index (χ2v) is 2.72. The topological polar surface area (TPSA) is 45.9 Å². The Morgan fingerprint density at radius 1 is 1.64 bits per heavy atom. The van der Waals surface area contributed by atoms with Crippen LogP contribution in [0.15, 0.2) is 12.3 Å². The van der Waals surface area contributed by atoms with Gasteiger partial charge in [-0.2, -0.15) is 14.0 Å². The zero-order chi connectivity index (χ0) is 10.6. The van der Waals surface area contributed by atoms with Crippen LogP contribution >= 0.6 is 11.6 Å². The molecular weight excluding hydrogens is 214 g/mol. The second-order valence-electron chi connectivity index (χ2n) is 2.33. The van der Waals surface area contributed by atoms with E-state index in [1.165, 1.54) is 6.20 Å². The molecule has 0 aliphatic carbocycles. The fourth-order valence-corrected chi connectivity index (χ4v) is 1.01. The van der Waals surface area contributed by atoms with E-state index in [0.717, 1.165) is 6.07 Å². The van der Waals surface area contributed by atoms with Crippen LogP contribution in [0.3, 0.4) is 0 Å². The molecule has 3 nitrogen and oxygen atoms in total. The van der Waals surface area contributed by atoms with Crippen molar-refractivity contribution in [2.75, 3.05) is 0 Å². The highest BCUT2D eigenvalue weighted by Gasteiger charge is 2.10. The van der Waals surface area contributed by atoms with E-state index in [0.29, 0.717) is 0 Å². The van der Waals surface area contributed by atoms with Gasteiger partial charge in [0.2, 0.25) is 0 Å². The van der Waals surface area contributed by atoms with Crippen LogP contribution in [0.5, 0.6) is 5.75 Å². The molecule has 74 valence electrons. The maximum atomic E-state index is 11.9. The number of hydrogen-bond donors (Lipinski definition) is 0. The van der Waals surface area contributed by atoms with E-state index < -0.39 is 6.61 Å². The highest BCUT2D eigenvalue weighted by atomic mass is 35.5. The lowest BCUT2D eigenvalue weighted by Gasteiger charge is -2.07. The summed E-state index contributed by atoms with van der Waals surface area (Å²) in [7, 11) is 0. The molecule has 0 radical (unpaired) electrons. The lowest BCUT2D eigenvalue weighted by Crippen LogP contribution is -2.04. The van der Waals surface area contributed by atoms with Gasteiger partial charge in [0.15, 0.2) is 0 Å². The van der Waals surface area contributed by atoms with Crippen molar-refractivity contribution in [2.45, 2.75) is 13.0 Å². The van der Waals surface area contributed by atoms with E-state index in [4.69, 9.17) is 16.9 Å². The van der Waals surface area contributed by atoms with Crippen molar-refractivity contribution in [1.82, 2.24) is 4.98 Å². The molecule has 1 aromatic heterocycles. The zero-order valence-electron chi connectivity index (χ0n) is 6.88. The van der Waals surface area contributed by atoms with Crippen molar-refractivity contribution in [3.63, 3.8) is 0 Å². The molecule has 14 heavy (non-hydrogen) atoms. The molecule has 6 heteroatoms. The van der Waals surface area contributed by atoms with Crippen molar-refractivity contribution in [1.29, 1.82) is 5.26 Å². The number of alkyl halides is 2. The quantitative estimate of drug-likeness (QED) is 0.732. The smallest absolute Gasteiger partial charge is 0.387 e. The Bertz CT molecular complexity index is 365. The third-order valence-corrected chi connectivity index (χ3v) is 1.60. The van der Waals surface area contributed by atoms with Gasteiger partial charge in [-0.3, -0.25) is 0 Å². The normalized spacial score (nSPS) is 9.93. The number of rotatable bonds is 3. The van der Waals surface area contributed by atoms with Crippen LogP contribution in [0.1, 0.15) is 5.56 Å². The molecule has 0 atom stereocenters. The Morgan fingerprint density at radius 3 is 2.93 bits per heavy atom. The molecule has 1 heterocycles. The van der Waals surface area contributed by atoms with Gasteiger partial charge in [-0.1, -0.05) is 11.6 Å². The molecule has 0 unspecified atom stereocenters. The zero-order valence-corrected chi connectivity index (χ0v) is 7.63. The minimum Gasteiger partial charge on any atom is -0.434 e. The number of aromatic nitrogens is 1. The standard InChI is InChI=1S/C8H5ClF2N2O/c9-7-3-6(14-8(10)11)5(1-2-12)4-13-7/h3-4,8H,1H2. The third-order valence-electron chi connectivity index (χ3n) is 1.40. The van der Waals surface area contributed by atoms with Crippen molar-refractivity contribution in [3.05, 3.63) is 23.0 Å². The minimum absolute atomic E-state index is 0.0438. The van der Waals surface area contributed by atoms with Crippen molar-refractivity contribution in [2.24, 2.45) is 0 Å². The van der Waals surface area contributed by atoms with E-state index in [9.17, 15) is 8.78 Å². The van der Waals surface area contributed by atoms with Gasteiger partial charge in [-0.05, 0) is 0 Å². The first-order valence-corrected chi connectivity index (χ1v) is 3.97. The minimum atomic E-state index is -2.94. The summed E-state index contributed by atoms with van der Waals surface area (Å²) in [6.07, 6.45) is 1.19. The second kappa shape index (κ2) is 4.72. The van der Waals surface area contributed by atoms with Gasteiger partial charge in [0.05, 0.1) is 12.5 Å². The predicted molar refractivity (Wildman–Crippen MR) is 45.2 cm³/mol. The fraction of sp³-hybridized carbons (Fsp3) is 0.250. The molecule has 1 rings (SSSR count). The predicted octanol–water partition coefficient (Wildman–Crippen LogP) is 2.40. The molecular formula is C8H5ClF2N2O. The van der Waals surface area contributed by atoms with Gasteiger partial charge in [-0.25, -0.2) is 4.98 Å². The van der Waals surface area contributed by atoms with E-state index in [-0.39, 0.29) is 22.9 Å². The molecule has 0 fully saturated rings. The molecule has 0 amide bonds. The Hall–Kier alpha value is -1.41. The number of nitriles is 1. The van der Waals surface area contributed by atoms with Crippen molar-refractivity contribution < 1.29 is 13.5 Å². The summed E-state index contributed by atoms with van der Waals surface area (Å²) in [6, 6.07) is 2.96. The number of hydrogen-bond acceptors (Lipinski definition) is 3. The Kier molecular flexibility index (Phi) is 3.60. The van der Waals surface area contributed by atoms with Crippen LogP contribution in [0.2, 0.25) is 5.15 Å². The molecule has 0 N–H and O–H groups in total. The van der Waals surface area contributed by atoms with Crippen molar-refractivity contribution in [3.8, 4) is 11.8 Å². The average Bonchev–Trinajstić information content (AvgIpc) is 2.09. The summed E-state index contributed by atoms with van der Waals surface area (Å²) in [5.41, 5.74) is 0.289. The molecule has 1 aromatic rings. The maximum absolute atomic E-state index is 11.9. The van der Waals surface area contributed by atoms with Gasteiger partial charge < -0.3 is 4.74 Å². The van der Waals surface area contributed by atoms with Gasteiger partial charge in [0.25, 0.3) is 0 Å². The van der Waals surface area contributed by atoms with Crippen LogP contribution in [0.25, 0.3) is 0 Å². The Labute approximate surface area is 83.9 Å². The van der Waals surface area contributed by atoms with E-state index in [1.807, 2.05) is 6.07 Å². The maximum Gasteiger partial charge on any atom is 0.387 e. The van der Waals surface area contributed by atoms with E-state index >= 15 is 0 Å². The monoisotopic (exact) mass is 218 g/mol. The van der Waals surface area contributed by atoms with Gasteiger partial charge in [0, 0.05) is 17.8 Å². The lowest BCUT2D eigenvalue weighted by atomic mass is 10.2. The third kappa shape index (κ3) is 2.82. The van der Waals surface area contributed by atoms with Crippen LogP contribution in [-0.2, 0) is 6.42 Å². The summed E-state index contributed by atoms with van der Waals surface area (Å²) >= 11 is 5.48. The highest BCUT2D eigenvalue weighted by Crippen LogP contribution is 2.23. The van der Waals surface area contributed by atoms with E-state index in [1.54, 1.807) is 0 Å². The van der Waals surface area contributed by atoms with Crippen LogP contribution in [0.4, 0.5) is 8.78 Å². The highest BCUT2D eigenvalue weighted by molar-refractivity contribution is 6.29. The summed E-state index contributed by atoms with van der Waals surface area (Å²) < 4.78 is 28.0. The molecule has 0 saturated heterocycles. The van der Waals surface area contributed by atoms with Gasteiger partial charge in [0.1, 0.15) is 10.9 Å². The van der Waals surface area contributed by atoms with Crippen LogP contribution in [0, 0.1) is 11.3 Å². The van der Waals surface area contributed by atoms with E-state index in [2.05, 4.69) is 9.72 Å². The SMILES string of the molecule is N#CCc1cnc(Cl)cc1OC(F)F. The van der Waals surface area contributed by atoms with Crippen LogP contribution < -0.4 is 4.74 Å². The first-order valence-electron chi connectivity index (χ1n) is 3.59. The Morgan fingerprint density at radius 2 is 2.36 bits per heavy atom. The average molecular weight is 219 g/mol. The van der Waals surface area contributed by atoms with Crippen molar-refractivity contribution >= 4 is 11.6 Å². The number of ether oxygens (including phenoxy) is 1.